The molecule has 0 saturated carbocycles. The Balaban J connectivity index is 1.67. The fourth-order valence-electron chi connectivity index (χ4n) is 3.87. The second-order valence-corrected chi connectivity index (χ2v) is 8.26. The first-order valence-corrected chi connectivity index (χ1v) is 9.69. The Labute approximate surface area is 165 Å². The van der Waals surface area contributed by atoms with Crippen LogP contribution in [0.2, 0.25) is 5.02 Å². The zero-order valence-corrected chi connectivity index (χ0v) is 16.8. The van der Waals surface area contributed by atoms with E-state index in [-0.39, 0.29) is 5.91 Å². The Bertz CT molecular complexity index is 857. The van der Waals surface area contributed by atoms with E-state index in [1.807, 2.05) is 44.2 Å². The van der Waals surface area contributed by atoms with Gasteiger partial charge in [-0.2, -0.15) is 0 Å². The summed E-state index contributed by atoms with van der Waals surface area (Å²) in [6.45, 7) is 8.15. The van der Waals surface area contributed by atoms with E-state index >= 15 is 0 Å². The van der Waals surface area contributed by atoms with Crippen LogP contribution in [0, 0.1) is 0 Å². The minimum Gasteiger partial charge on any atom is -0.369 e. The lowest BCUT2D eigenvalue weighted by molar-refractivity contribution is 0.0961. The molecule has 0 spiro atoms. The molecule has 5 nitrogen and oxygen atoms in total. The summed E-state index contributed by atoms with van der Waals surface area (Å²) >= 11 is 6.01. The minimum atomic E-state index is -0.543. The number of fused-ring (bicyclic) bond motifs is 1. The summed E-state index contributed by atoms with van der Waals surface area (Å²) in [7, 11) is 2.15. The molecule has 2 aliphatic rings. The number of anilines is 3. The number of nitrogens with one attached hydrogen (secondary N) is 1. The average molecular weight is 385 g/mol. The van der Waals surface area contributed by atoms with E-state index in [1.165, 1.54) is 0 Å². The third-order valence-corrected chi connectivity index (χ3v) is 5.64. The average Bonchev–Trinajstić information content (AvgIpc) is 2.63. The smallest absolute Gasteiger partial charge is 0.262 e. The summed E-state index contributed by atoms with van der Waals surface area (Å²) in [6.07, 6.45) is 0. The van der Waals surface area contributed by atoms with Gasteiger partial charge in [0.05, 0.1) is 11.3 Å². The van der Waals surface area contributed by atoms with E-state index < -0.39 is 5.66 Å². The topological polar surface area (TPSA) is 38.8 Å². The molecule has 2 aliphatic heterocycles. The van der Waals surface area contributed by atoms with Gasteiger partial charge in [-0.1, -0.05) is 11.6 Å². The second-order valence-electron chi connectivity index (χ2n) is 7.82. The number of benzene rings is 2. The number of nitrogens with zero attached hydrogens (tertiary/aromatic N) is 3. The van der Waals surface area contributed by atoms with E-state index in [9.17, 15) is 4.79 Å². The van der Waals surface area contributed by atoms with E-state index in [1.54, 1.807) is 4.90 Å². The molecule has 0 radical (unpaired) electrons. The minimum absolute atomic E-state index is 0.000926. The first kappa shape index (κ1) is 18.1. The van der Waals surface area contributed by atoms with Crippen LogP contribution in [0.4, 0.5) is 17.1 Å². The highest BCUT2D eigenvalue weighted by atomic mass is 35.5. The maximum atomic E-state index is 13.3. The molecule has 0 atom stereocenters. The van der Waals surface area contributed by atoms with Gasteiger partial charge in [-0.05, 0) is 63.4 Å². The molecule has 0 unspecified atom stereocenters. The Kier molecular flexibility index (Phi) is 4.52. The van der Waals surface area contributed by atoms with Gasteiger partial charge >= 0.3 is 0 Å². The fraction of sp³-hybridized carbons (Fsp3) is 0.381. The van der Waals surface area contributed by atoms with Crippen LogP contribution in [0.25, 0.3) is 0 Å². The van der Waals surface area contributed by atoms with Gasteiger partial charge in [0.25, 0.3) is 5.91 Å². The summed E-state index contributed by atoms with van der Waals surface area (Å²) in [5.41, 5.74) is 3.04. The van der Waals surface area contributed by atoms with Crippen molar-refractivity contribution < 1.29 is 4.79 Å². The van der Waals surface area contributed by atoms with E-state index in [4.69, 9.17) is 11.6 Å². The van der Waals surface area contributed by atoms with Crippen molar-refractivity contribution in [3.8, 4) is 0 Å². The predicted octanol–water partition coefficient (Wildman–Crippen LogP) is 3.90. The van der Waals surface area contributed by atoms with Crippen LogP contribution in [0.5, 0.6) is 0 Å². The van der Waals surface area contributed by atoms with Crippen molar-refractivity contribution in [1.82, 2.24) is 4.90 Å². The number of carbonyl (C=O) groups is 1. The zero-order chi connectivity index (χ0) is 19.2. The maximum Gasteiger partial charge on any atom is 0.262 e. The normalized spacial score (nSPS) is 19.6. The van der Waals surface area contributed by atoms with Crippen molar-refractivity contribution in [2.24, 2.45) is 0 Å². The zero-order valence-electron chi connectivity index (χ0n) is 16.0. The van der Waals surface area contributed by atoms with Crippen molar-refractivity contribution in [3.63, 3.8) is 0 Å². The quantitative estimate of drug-likeness (QED) is 0.852. The predicted molar refractivity (Wildman–Crippen MR) is 112 cm³/mol. The van der Waals surface area contributed by atoms with Gasteiger partial charge in [-0.3, -0.25) is 9.69 Å². The first-order chi connectivity index (χ1) is 12.8. The number of piperazine rings is 1. The Morgan fingerprint density at radius 3 is 2.26 bits per heavy atom. The summed E-state index contributed by atoms with van der Waals surface area (Å²) in [4.78, 5) is 19.8. The van der Waals surface area contributed by atoms with Crippen LogP contribution >= 0.6 is 11.6 Å². The molecule has 0 aromatic heterocycles. The highest BCUT2D eigenvalue weighted by Crippen LogP contribution is 2.37. The standard InChI is InChI=1S/C21H25ClN4O/c1-21(2)23-19-14-17(25-12-10-24(3)11-13-25)8-9-18(19)20(27)26(21)16-6-4-15(22)5-7-16/h4-9,14,23H,10-13H2,1-3H3. The molecule has 0 bridgehead atoms. The number of rotatable bonds is 2. The molecule has 27 heavy (non-hydrogen) atoms. The van der Waals surface area contributed by atoms with Gasteiger partial charge in [-0.15, -0.1) is 0 Å². The number of likely N-dealkylation sites (N-methyl/N-ethyl adjacent to an activating group) is 1. The molecule has 1 fully saturated rings. The molecule has 6 heteroatoms. The molecule has 1 amide bonds. The summed E-state index contributed by atoms with van der Waals surface area (Å²) in [5.74, 6) is 0.000926. The fourth-order valence-corrected chi connectivity index (χ4v) is 4.00. The Hall–Kier alpha value is -2.24. The van der Waals surface area contributed by atoms with Crippen LogP contribution < -0.4 is 15.1 Å². The molecule has 2 heterocycles. The third-order valence-electron chi connectivity index (χ3n) is 5.39. The van der Waals surface area contributed by atoms with E-state index in [0.29, 0.717) is 10.6 Å². The lowest BCUT2D eigenvalue weighted by Gasteiger charge is -2.44. The maximum absolute atomic E-state index is 13.3. The van der Waals surface area contributed by atoms with Gasteiger partial charge in [-0.25, -0.2) is 0 Å². The Morgan fingerprint density at radius 1 is 0.963 bits per heavy atom. The molecule has 1 N–H and O–H groups in total. The van der Waals surface area contributed by atoms with Gasteiger partial charge < -0.3 is 15.1 Å². The van der Waals surface area contributed by atoms with Crippen LogP contribution in [-0.2, 0) is 0 Å². The number of carbonyl (C=O) groups excluding carboxylic acids is 1. The number of hydrogen-bond donors (Lipinski definition) is 1. The number of amides is 1. The van der Waals surface area contributed by atoms with Crippen molar-refractivity contribution in [2.45, 2.75) is 19.5 Å². The third kappa shape index (κ3) is 3.37. The molecule has 1 saturated heterocycles. The van der Waals surface area contributed by atoms with Gasteiger partial charge in [0.15, 0.2) is 0 Å². The van der Waals surface area contributed by atoms with Crippen LogP contribution in [0.1, 0.15) is 24.2 Å². The van der Waals surface area contributed by atoms with Gasteiger partial charge in [0.2, 0.25) is 0 Å². The largest absolute Gasteiger partial charge is 0.369 e. The van der Waals surface area contributed by atoms with Crippen molar-refractivity contribution in [3.05, 3.63) is 53.1 Å². The Morgan fingerprint density at radius 2 is 1.59 bits per heavy atom. The first-order valence-electron chi connectivity index (χ1n) is 9.31. The van der Waals surface area contributed by atoms with Gasteiger partial charge in [0.1, 0.15) is 5.66 Å². The summed E-state index contributed by atoms with van der Waals surface area (Å²) in [5, 5.41) is 4.21. The molecule has 4 rings (SSSR count). The van der Waals surface area contributed by atoms with Gasteiger partial charge in [0, 0.05) is 42.6 Å². The second kappa shape index (κ2) is 6.73. The van der Waals surface area contributed by atoms with Crippen LogP contribution in [0.3, 0.4) is 0 Å². The summed E-state index contributed by atoms with van der Waals surface area (Å²) < 4.78 is 0. The lowest BCUT2D eigenvalue weighted by atomic mass is 10.00. The summed E-state index contributed by atoms with van der Waals surface area (Å²) in [6, 6.07) is 13.5. The molecular weight excluding hydrogens is 360 g/mol. The van der Waals surface area contributed by atoms with Crippen molar-refractivity contribution in [1.29, 1.82) is 0 Å². The molecule has 2 aromatic carbocycles. The highest BCUT2D eigenvalue weighted by molar-refractivity contribution is 6.30. The van der Waals surface area contributed by atoms with Crippen LogP contribution in [0.15, 0.2) is 42.5 Å². The molecule has 2 aromatic rings. The number of halogens is 1. The van der Waals surface area contributed by atoms with Crippen LogP contribution in [-0.4, -0.2) is 49.7 Å². The SMILES string of the molecule is CN1CCN(c2ccc3c(c2)NC(C)(C)N(c2ccc(Cl)cc2)C3=O)CC1. The van der Waals surface area contributed by atoms with Crippen molar-refractivity contribution in [2.75, 3.05) is 48.3 Å². The lowest BCUT2D eigenvalue weighted by Crippen LogP contribution is -2.56. The number of hydrogen-bond acceptors (Lipinski definition) is 4. The molecule has 0 aliphatic carbocycles. The van der Waals surface area contributed by atoms with E-state index in [2.05, 4.69) is 34.3 Å². The molecular formula is C21H25ClN4O. The monoisotopic (exact) mass is 384 g/mol. The highest BCUT2D eigenvalue weighted by Gasteiger charge is 2.39. The van der Waals surface area contributed by atoms with Crippen molar-refractivity contribution >= 4 is 34.6 Å². The van der Waals surface area contributed by atoms with E-state index in [0.717, 1.165) is 43.2 Å². The molecule has 142 valence electrons.